The number of hydrazine groups is 1. The molecule has 2 aromatic rings. The minimum Gasteiger partial charge on any atom is -0.340 e. The Kier molecular flexibility index (Phi) is 4.90. The van der Waals surface area contributed by atoms with E-state index in [0.29, 0.717) is 5.82 Å². The molecule has 0 amide bonds. The Morgan fingerprint density at radius 1 is 1.10 bits per heavy atom. The summed E-state index contributed by atoms with van der Waals surface area (Å²) in [6.07, 6.45) is 5.06. The van der Waals surface area contributed by atoms with Crippen LogP contribution >= 0.6 is 0 Å². The molecule has 0 atom stereocenters. The van der Waals surface area contributed by atoms with Crippen LogP contribution in [0.4, 0.5) is 17.3 Å². The van der Waals surface area contributed by atoms with Crippen molar-refractivity contribution in [2.45, 2.75) is 33.1 Å². The molecule has 0 aliphatic carbocycles. The maximum atomic E-state index is 5.41. The van der Waals surface area contributed by atoms with Gasteiger partial charge in [-0.3, -0.25) is 0 Å². The lowest BCUT2D eigenvalue weighted by atomic mass is 10.1. The molecule has 0 aliphatic heterocycles. The first kappa shape index (κ1) is 14.3. The number of rotatable bonds is 6. The summed E-state index contributed by atoms with van der Waals surface area (Å²) in [5.41, 5.74) is 5.83. The second-order valence-electron chi connectivity index (χ2n) is 4.77. The van der Waals surface area contributed by atoms with Gasteiger partial charge in [-0.1, -0.05) is 25.5 Å². The fourth-order valence-electron chi connectivity index (χ4n) is 1.99. The second kappa shape index (κ2) is 6.86. The van der Waals surface area contributed by atoms with Crippen molar-refractivity contribution >= 4 is 17.3 Å². The SMILES string of the molecule is CCCCc1ccc(Nc2ncnc(NN)c2C)cc1. The molecule has 1 heterocycles. The van der Waals surface area contributed by atoms with Gasteiger partial charge in [0.25, 0.3) is 0 Å². The van der Waals surface area contributed by atoms with Gasteiger partial charge < -0.3 is 10.7 Å². The van der Waals surface area contributed by atoms with Crippen molar-refractivity contribution < 1.29 is 0 Å². The lowest BCUT2D eigenvalue weighted by Gasteiger charge is -2.11. The van der Waals surface area contributed by atoms with Gasteiger partial charge in [0, 0.05) is 11.3 Å². The molecule has 0 fully saturated rings. The Hall–Kier alpha value is -2.14. The highest BCUT2D eigenvalue weighted by molar-refractivity contribution is 5.64. The number of nitrogens with one attached hydrogen (secondary N) is 2. The van der Waals surface area contributed by atoms with Crippen LogP contribution in [0.3, 0.4) is 0 Å². The maximum absolute atomic E-state index is 5.41. The molecule has 0 unspecified atom stereocenters. The van der Waals surface area contributed by atoms with E-state index in [-0.39, 0.29) is 0 Å². The van der Waals surface area contributed by atoms with Crippen molar-refractivity contribution in [1.29, 1.82) is 0 Å². The number of hydrogen-bond acceptors (Lipinski definition) is 5. The molecule has 4 N–H and O–H groups in total. The van der Waals surface area contributed by atoms with Crippen molar-refractivity contribution in [2.24, 2.45) is 5.84 Å². The number of nitrogen functional groups attached to an aromatic ring is 1. The third-order valence-electron chi connectivity index (χ3n) is 3.26. The van der Waals surface area contributed by atoms with E-state index in [1.165, 1.54) is 24.7 Å². The molecular formula is C15H21N5. The first-order valence-corrected chi connectivity index (χ1v) is 6.88. The number of nitrogens with two attached hydrogens (primary N) is 1. The fraction of sp³-hybridized carbons (Fsp3) is 0.333. The van der Waals surface area contributed by atoms with Crippen LogP contribution < -0.4 is 16.6 Å². The number of hydrogen-bond donors (Lipinski definition) is 3. The van der Waals surface area contributed by atoms with Crippen LogP contribution in [0, 0.1) is 6.92 Å². The summed E-state index contributed by atoms with van der Waals surface area (Å²) in [7, 11) is 0. The van der Waals surface area contributed by atoms with Gasteiger partial charge in [0.1, 0.15) is 18.0 Å². The van der Waals surface area contributed by atoms with Gasteiger partial charge in [-0.2, -0.15) is 0 Å². The molecule has 0 radical (unpaired) electrons. The fourth-order valence-corrected chi connectivity index (χ4v) is 1.99. The van der Waals surface area contributed by atoms with Crippen LogP contribution in [0.15, 0.2) is 30.6 Å². The van der Waals surface area contributed by atoms with E-state index in [1.807, 2.05) is 6.92 Å². The van der Waals surface area contributed by atoms with Crippen LogP contribution in [0.25, 0.3) is 0 Å². The molecule has 0 saturated heterocycles. The van der Waals surface area contributed by atoms with Gasteiger partial charge in [-0.15, -0.1) is 0 Å². The number of benzene rings is 1. The lowest BCUT2D eigenvalue weighted by Crippen LogP contribution is -2.11. The summed E-state index contributed by atoms with van der Waals surface area (Å²) >= 11 is 0. The molecular weight excluding hydrogens is 250 g/mol. The summed E-state index contributed by atoms with van der Waals surface area (Å²) in [5, 5.41) is 3.28. The monoisotopic (exact) mass is 271 g/mol. The minimum atomic E-state index is 0.627. The van der Waals surface area contributed by atoms with Crippen LogP contribution in [0.1, 0.15) is 30.9 Å². The molecule has 1 aromatic carbocycles. The van der Waals surface area contributed by atoms with Gasteiger partial charge in [0.05, 0.1) is 0 Å². The first-order chi connectivity index (χ1) is 9.74. The zero-order valence-corrected chi connectivity index (χ0v) is 12.0. The van der Waals surface area contributed by atoms with Crippen LogP contribution in [0.5, 0.6) is 0 Å². The summed E-state index contributed by atoms with van der Waals surface area (Å²) in [6, 6.07) is 8.44. The van der Waals surface area contributed by atoms with E-state index in [2.05, 4.69) is 51.9 Å². The number of unbranched alkanes of at least 4 members (excludes halogenated alkanes) is 1. The number of nitrogens with zero attached hydrogens (tertiary/aromatic N) is 2. The van der Waals surface area contributed by atoms with E-state index < -0.39 is 0 Å². The van der Waals surface area contributed by atoms with Gasteiger partial charge in [0.2, 0.25) is 0 Å². The molecule has 20 heavy (non-hydrogen) atoms. The van der Waals surface area contributed by atoms with Crippen molar-refractivity contribution in [2.75, 3.05) is 10.7 Å². The highest BCUT2D eigenvalue weighted by Gasteiger charge is 2.06. The van der Waals surface area contributed by atoms with Crippen LogP contribution in [-0.4, -0.2) is 9.97 Å². The molecule has 5 heteroatoms. The molecule has 2 rings (SSSR count). The third-order valence-corrected chi connectivity index (χ3v) is 3.26. The highest BCUT2D eigenvalue weighted by atomic mass is 15.3. The van der Waals surface area contributed by atoms with Gasteiger partial charge in [-0.25, -0.2) is 15.8 Å². The number of aromatic nitrogens is 2. The average Bonchev–Trinajstić information content (AvgIpc) is 2.48. The van der Waals surface area contributed by atoms with Crippen molar-refractivity contribution in [3.63, 3.8) is 0 Å². The predicted molar refractivity (Wildman–Crippen MR) is 82.9 cm³/mol. The third kappa shape index (κ3) is 3.45. The van der Waals surface area contributed by atoms with Gasteiger partial charge in [-0.05, 0) is 37.5 Å². The summed E-state index contributed by atoms with van der Waals surface area (Å²) in [4.78, 5) is 8.30. The molecule has 0 saturated carbocycles. The zero-order valence-electron chi connectivity index (χ0n) is 12.0. The van der Waals surface area contributed by atoms with Crippen molar-refractivity contribution in [3.05, 3.63) is 41.7 Å². The van der Waals surface area contributed by atoms with Crippen molar-refractivity contribution in [1.82, 2.24) is 9.97 Å². The normalized spacial score (nSPS) is 10.3. The topological polar surface area (TPSA) is 75.9 Å². The molecule has 1 aromatic heterocycles. The Morgan fingerprint density at radius 2 is 1.80 bits per heavy atom. The summed E-state index contributed by atoms with van der Waals surface area (Å²) in [5.74, 6) is 6.80. The van der Waals surface area contributed by atoms with Gasteiger partial charge >= 0.3 is 0 Å². The summed E-state index contributed by atoms with van der Waals surface area (Å²) in [6.45, 7) is 4.13. The van der Waals surface area contributed by atoms with E-state index in [4.69, 9.17) is 5.84 Å². The smallest absolute Gasteiger partial charge is 0.148 e. The van der Waals surface area contributed by atoms with E-state index in [0.717, 1.165) is 23.5 Å². The average molecular weight is 271 g/mol. The second-order valence-corrected chi connectivity index (χ2v) is 4.77. The van der Waals surface area contributed by atoms with Crippen molar-refractivity contribution in [3.8, 4) is 0 Å². The van der Waals surface area contributed by atoms with Crippen LogP contribution in [0.2, 0.25) is 0 Å². The molecule has 0 aliphatic rings. The number of aryl methyl sites for hydroxylation is 1. The largest absolute Gasteiger partial charge is 0.340 e. The quantitative estimate of drug-likeness (QED) is 0.556. The molecule has 5 nitrogen and oxygen atoms in total. The standard InChI is InChI=1S/C15H21N5/c1-3-4-5-12-6-8-13(9-7-12)19-14-11(2)15(20-16)18-10-17-14/h6-10H,3-5,16H2,1-2H3,(H2,17,18,19,20). The first-order valence-electron chi connectivity index (χ1n) is 6.88. The zero-order chi connectivity index (χ0) is 14.4. The Balaban J connectivity index is 2.10. The Labute approximate surface area is 119 Å². The van der Waals surface area contributed by atoms with E-state index in [1.54, 1.807) is 0 Å². The van der Waals surface area contributed by atoms with E-state index in [9.17, 15) is 0 Å². The Bertz CT molecular complexity index is 551. The number of anilines is 3. The molecule has 0 bridgehead atoms. The minimum absolute atomic E-state index is 0.627. The maximum Gasteiger partial charge on any atom is 0.148 e. The highest BCUT2D eigenvalue weighted by Crippen LogP contribution is 2.22. The molecule has 106 valence electrons. The van der Waals surface area contributed by atoms with Gasteiger partial charge in [0.15, 0.2) is 0 Å². The predicted octanol–water partition coefficient (Wildman–Crippen LogP) is 3.16. The Morgan fingerprint density at radius 3 is 2.45 bits per heavy atom. The van der Waals surface area contributed by atoms with E-state index >= 15 is 0 Å². The summed E-state index contributed by atoms with van der Waals surface area (Å²) < 4.78 is 0. The molecule has 0 spiro atoms. The lowest BCUT2D eigenvalue weighted by molar-refractivity contribution is 0.795. The van der Waals surface area contributed by atoms with Crippen LogP contribution in [-0.2, 0) is 6.42 Å².